The van der Waals surface area contributed by atoms with Gasteiger partial charge in [-0.3, -0.25) is 4.79 Å². The summed E-state index contributed by atoms with van der Waals surface area (Å²) in [5.41, 5.74) is 3.65. The average molecular weight is 317 g/mol. The lowest BCUT2D eigenvalue weighted by Gasteiger charge is -2.05. The lowest BCUT2D eigenvalue weighted by atomic mass is 10.0. The molecular formula is C18H23NO4. The van der Waals surface area contributed by atoms with Gasteiger partial charge in [-0.1, -0.05) is 19.8 Å². The fourth-order valence-corrected chi connectivity index (χ4v) is 2.88. The number of aromatic nitrogens is 1. The largest absolute Gasteiger partial charge is 0.478 e. The number of nitrogens with one attached hydrogen (secondary N) is 1. The Hall–Kier alpha value is -2.30. The fraction of sp³-hybridized carbons (Fsp3) is 0.444. The molecule has 0 saturated carbocycles. The first-order chi connectivity index (χ1) is 11.0. The number of ether oxygens (including phenoxy) is 1. The van der Waals surface area contributed by atoms with Gasteiger partial charge >= 0.3 is 11.9 Å². The summed E-state index contributed by atoms with van der Waals surface area (Å²) in [5.74, 6) is -1.23. The molecule has 1 aromatic heterocycles. The van der Waals surface area contributed by atoms with E-state index >= 15 is 0 Å². The van der Waals surface area contributed by atoms with Gasteiger partial charge in [0.25, 0.3) is 0 Å². The first-order valence-corrected chi connectivity index (χ1v) is 7.92. The lowest BCUT2D eigenvalue weighted by molar-refractivity contribution is -0.139. The number of H-pyrrole nitrogens is 1. The summed E-state index contributed by atoms with van der Waals surface area (Å²) in [6, 6.07) is 3.49. The second-order valence-corrected chi connectivity index (χ2v) is 5.81. The Balaban J connectivity index is 2.51. The summed E-state index contributed by atoms with van der Waals surface area (Å²) in [6.45, 7) is 3.91. The van der Waals surface area contributed by atoms with Crippen LogP contribution in [0.2, 0.25) is 0 Å². The minimum absolute atomic E-state index is 0.198. The average Bonchev–Trinajstić information content (AvgIpc) is 2.83. The molecule has 0 aliphatic rings. The highest BCUT2D eigenvalue weighted by Gasteiger charge is 2.18. The smallest absolute Gasteiger partial charge is 0.336 e. The zero-order chi connectivity index (χ0) is 17.0. The van der Waals surface area contributed by atoms with Gasteiger partial charge < -0.3 is 14.8 Å². The van der Waals surface area contributed by atoms with E-state index < -0.39 is 5.97 Å². The predicted octanol–water partition coefficient (Wildman–Crippen LogP) is 3.62. The molecule has 1 heterocycles. The Labute approximate surface area is 135 Å². The van der Waals surface area contributed by atoms with Crippen molar-refractivity contribution in [1.82, 2.24) is 4.98 Å². The van der Waals surface area contributed by atoms with E-state index in [0.29, 0.717) is 5.56 Å². The fourth-order valence-electron chi connectivity index (χ4n) is 2.88. The van der Waals surface area contributed by atoms with Crippen LogP contribution in [0, 0.1) is 6.92 Å². The van der Waals surface area contributed by atoms with Crippen molar-refractivity contribution in [3.05, 3.63) is 34.5 Å². The second-order valence-electron chi connectivity index (χ2n) is 5.81. The number of carboxylic acids is 1. The molecule has 1 aromatic carbocycles. The summed E-state index contributed by atoms with van der Waals surface area (Å²) in [4.78, 5) is 26.3. The Morgan fingerprint density at radius 1 is 1.26 bits per heavy atom. The van der Waals surface area contributed by atoms with Gasteiger partial charge in [-0.15, -0.1) is 0 Å². The maximum absolute atomic E-state index is 11.7. The third kappa shape index (κ3) is 3.73. The number of fused-ring (bicyclic) bond motifs is 1. The van der Waals surface area contributed by atoms with Crippen LogP contribution in [-0.2, 0) is 22.4 Å². The van der Waals surface area contributed by atoms with Gasteiger partial charge in [-0.05, 0) is 43.0 Å². The zero-order valence-corrected chi connectivity index (χ0v) is 13.9. The molecule has 0 radical (unpaired) electrons. The number of carbonyl (C=O) groups excluding carboxylic acids is 1. The molecule has 124 valence electrons. The van der Waals surface area contributed by atoms with Crippen molar-refractivity contribution < 1.29 is 19.4 Å². The highest BCUT2D eigenvalue weighted by atomic mass is 16.5. The van der Waals surface area contributed by atoms with E-state index in [0.717, 1.165) is 47.8 Å². The van der Waals surface area contributed by atoms with Crippen molar-refractivity contribution in [3.63, 3.8) is 0 Å². The van der Waals surface area contributed by atoms with Crippen LogP contribution < -0.4 is 0 Å². The molecule has 2 N–H and O–H groups in total. The number of hydrogen-bond acceptors (Lipinski definition) is 3. The SMILES string of the molecule is CCCCCc1[nH]c2cc(C(=O)O)c(C)cc2c1CC(=O)OC. The molecule has 0 saturated heterocycles. The van der Waals surface area contributed by atoms with Crippen LogP contribution in [0.15, 0.2) is 12.1 Å². The molecule has 0 atom stereocenters. The molecule has 0 amide bonds. The van der Waals surface area contributed by atoms with E-state index in [9.17, 15) is 14.7 Å². The molecule has 0 spiro atoms. The lowest BCUT2D eigenvalue weighted by Crippen LogP contribution is -2.06. The quantitative estimate of drug-likeness (QED) is 0.604. The number of carbonyl (C=O) groups is 2. The van der Waals surface area contributed by atoms with Crippen molar-refractivity contribution >= 4 is 22.8 Å². The number of unbranched alkanes of at least 4 members (excludes halogenated alkanes) is 2. The standard InChI is InChI=1S/C18H23NO4/c1-4-5-6-7-15-14(10-17(20)23-3)13-8-11(2)12(18(21)22)9-16(13)19-15/h8-9,19H,4-7,10H2,1-3H3,(H,21,22). The van der Waals surface area contributed by atoms with Crippen LogP contribution in [0.3, 0.4) is 0 Å². The zero-order valence-electron chi connectivity index (χ0n) is 13.9. The van der Waals surface area contributed by atoms with Gasteiger partial charge in [0.2, 0.25) is 0 Å². The maximum atomic E-state index is 11.7. The van der Waals surface area contributed by atoms with Crippen molar-refractivity contribution in [2.45, 2.75) is 46.0 Å². The molecular weight excluding hydrogens is 294 g/mol. The maximum Gasteiger partial charge on any atom is 0.336 e. The first-order valence-electron chi connectivity index (χ1n) is 7.92. The van der Waals surface area contributed by atoms with Crippen LogP contribution in [0.4, 0.5) is 0 Å². The van der Waals surface area contributed by atoms with Gasteiger partial charge in [0.15, 0.2) is 0 Å². The Bertz CT molecular complexity index is 730. The van der Waals surface area contributed by atoms with Gasteiger partial charge in [-0.2, -0.15) is 0 Å². The highest BCUT2D eigenvalue weighted by Crippen LogP contribution is 2.28. The van der Waals surface area contributed by atoms with Crippen LogP contribution in [0.5, 0.6) is 0 Å². The van der Waals surface area contributed by atoms with Gasteiger partial charge in [0.05, 0.1) is 19.1 Å². The van der Waals surface area contributed by atoms with E-state index in [1.807, 2.05) is 6.07 Å². The van der Waals surface area contributed by atoms with Crippen LogP contribution in [-0.4, -0.2) is 29.1 Å². The summed E-state index contributed by atoms with van der Waals surface area (Å²) in [7, 11) is 1.38. The number of rotatable bonds is 7. The molecule has 0 bridgehead atoms. The van der Waals surface area contributed by atoms with E-state index in [1.54, 1.807) is 13.0 Å². The number of carboxylic acid groups (broad SMARTS) is 1. The number of esters is 1. The van der Waals surface area contributed by atoms with Gasteiger partial charge in [0.1, 0.15) is 0 Å². The highest BCUT2D eigenvalue weighted by molar-refractivity contribution is 5.97. The van der Waals surface area contributed by atoms with Crippen LogP contribution in [0.1, 0.15) is 53.4 Å². The number of aryl methyl sites for hydroxylation is 2. The normalized spacial score (nSPS) is 10.9. The molecule has 23 heavy (non-hydrogen) atoms. The molecule has 0 unspecified atom stereocenters. The van der Waals surface area contributed by atoms with Crippen molar-refractivity contribution in [1.29, 1.82) is 0 Å². The number of aromatic carboxylic acids is 1. The van der Waals surface area contributed by atoms with E-state index in [-0.39, 0.29) is 18.0 Å². The first kappa shape index (κ1) is 17.1. The number of benzene rings is 1. The van der Waals surface area contributed by atoms with Crippen LogP contribution in [0.25, 0.3) is 10.9 Å². The van der Waals surface area contributed by atoms with Crippen molar-refractivity contribution in [2.24, 2.45) is 0 Å². The monoisotopic (exact) mass is 317 g/mol. The summed E-state index contributed by atoms with van der Waals surface area (Å²) in [5, 5.41) is 10.2. The summed E-state index contributed by atoms with van der Waals surface area (Å²) in [6.07, 6.45) is 4.31. The van der Waals surface area contributed by atoms with Gasteiger partial charge in [-0.25, -0.2) is 4.79 Å². The predicted molar refractivity (Wildman–Crippen MR) is 88.9 cm³/mol. The number of aromatic amines is 1. The van der Waals surface area contributed by atoms with E-state index in [1.165, 1.54) is 7.11 Å². The van der Waals surface area contributed by atoms with Crippen molar-refractivity contribution in [2.75, 3.05) is 7.11 Å². The molecule has 5 nitrogen and oxygen atoms in total. The number of hydrogen-bond donors (Lipinski definition) is 2. The molecule has 0 fully saturated rings. The third-order valence-electron chi connectivity index (χ3n) is 4.15. The van der Waals surface area contributed by atoms with Gasteiger partial charge in [0, 0.05) is 16.6 Å². The van der Waals surface area contributed by atoms with E-state index in [4.69, 9.17) is 4.74 Å². The van der Waals surface area contributed by atoms with E-state index in [2.05, 4.69) is 11.9 Å². The topological polar surface area (TPSA) is 79.4 Å². The molecule has 5 heteroatoms. The molecule has 2 aromatic rings. The minimum Gasteiger partial charge on any atom is -0.478 e. The summed E-state index contributed by atoms with van der Waals surface area (Å²) < 4.78 is 4.80. The Morgan fingerprint density at radius 3 is 2.61 bits per heavy atom. The molecule has 2 rings (SSSR count). The third-order valence-corrected chi connectivity index (χ3v) is 4.15. The summed E-state index contributed by atoms with van der Waals surface area (Å²) >= 11 is 0. The molecule has 0 aliphatic carbocycles. The minimum atomic E-state index is -0.943. The van der Waals surface area contributed by atoms with Crippen LogP contribution >= 0.6 is 0 Å². The Kier molecular flexibility index (Phi) is 5.42. The number of methoxy groups -OCH3 is 1. The molecule has 0 aliphatic heterocycles. The van der Waals surface area contributed by atoms with Crippen molar-refractivity contribution in [3.8, 4) is 0 Å². The Morgan fingerprint density at radius 2 is 2.00 bits per heavy atom. The second kappa shape index (κ2) is 7.31.